The molecule has 0 radical (unpaired) electrons. The van der Waals surface area contributed by atoms with Crippen LogP contribution < -0.4 is 0 Å². The second-order valence-corrected chi connectivity index (χ2v) is 5.10. The van der Waals surface area contributed by atoms with E-state index in [0.717, 1.165) is 19.5 Å². The van der Waals surface area contributed by atoms with E-state index >= 15 is 0 Å². The van der Waals surface area contributed by atoms with Crippen molar-refractivity contribution in [1.29, 1.82) is 5.26 Å². The zero-order chi connectivity index (χ0) is 12.9. The van der Waals surface area contributed by atoms with Crippen LogP contribution in [0.2, 0.25) is 0 Å². The topological polar surface area (TPSA) is 44.1 Å². The lowest BCUT2D eigenvalue weighted by molar-refractivity contribution is -0.139. The Hall–Kier alpha value is -1.04. The zero-order valence-electron chi connectivity index (χ0n) is 11.3. The molecule has 0 spiro atoms. The fraction of sp³-hybridized carbons (Fsp3) is 0.857. The van der Waals surface area contributed by atoms with Crippen molar-refractivity contribution in [1.82, 2.24) is 4.90 Å². The van der Waals surface area contributed by atoms with Crippen LogP contribution in [-0.4, -0.2) is 23.9 Å². The van der Waals surface area contributed by atoms with E-state index in [-0.39, 0.29) is 5.91 Å². The number of rotatable bonds is 7. The van der Waals surface area contributed by atoms with Crippen molar-refractivity contribution < 1.29 is 4.79 Å². The molecule has 3 heteroatoms. The lowest BCUT2D eigenvalue weighted by Crippen LogP contribution is -2.44. The number of hydrogen-bond donors (Lipinski definition) is 0. The highest BCUT2D eigenvalue weighted by atomic mass is 16.2. The van der Waals surface area contributed by atoms with Gasteiger partial charge >= 0.3 is 0 Å². The minimum absolute atomic E-state index is 0.0544. The summed E-state index contributed by atoms with van der Waals surface area (Å²) in [6.45, 7) is 7.60. The number of nitriles is 1. The fourth-order valence-electron chi connectivity index (χ4n) is 2.22. The highest BCUT2D eigenvalue weighted by Gasteiger charge is 2.39. The molecule has 0 bridgehead atoms. The van der Waals surface area contributed by atoms with Gasteiger partial charge in [-0.15, -0.1) is 0 Å². The molecule has 1 aliphatic carbocycles. The highest BCUT2D eigenvalue weighted by molar-refractivity contribution is 5.85. The van der Waals surface area contributed by atoms with Crippen LogP contribution >= 0.6 is 0 Å². The molecule has 96 valence electrons. The van der Waals surface area contributed by atoms with Gasteiger partial charge in [0.15, 0.2) is 0 Å². The SMILES string of the molecule is CCCN(CC1CC1)C(=O)C(C#N)(CC)CC. The number of amides is 1. The standard InChI is InChI=1S/C14H24N2O/c1-4-9-16(10-12-7-8-12)13(17)14(5-2,6-3)11-15/h12H,4-10H2,1-3H3. The van der Waals surface area contributed by atoms with E-state index in [1.807, 2.05) is 18.7 Å². The Balaban J connectivity index is 2.76. The summed E-state index contributed by atoms with van der Waals surface area (Å²) < 4.78 is 0. The molecule has 0 unspecified atom stereocenters. The van der Waals surface area contributed by atoms with E-state index in [9.17, 15) is 10.1 Å². The molecule has 17 heavy (non-hydrogen) atoms. The van der Waals surface area contributed by atoms with Gasteiger partial charge < -0.3 is 4.90 Å². The van der Waals surface area contributed by atoms with Gasteiger partial charge in [-0.2, -0.15) is 5.26 Å². The maximum Gasteiger partial charge on any atom is 0.243 e. The molecule has 1 amide bonds. The fourth-order valence-corrected chi connectivity index (χ4v) is 2.22. The smallest absolute Gasteiger partial charge is 0.243 e. The van der Waals surface area contributed by atoms with Crippen molar-refractivity contribution in [2.24, 2.45) is 11.3 Å². The van der Waals surface area contributed by atoms with Crippen LogP contribution in [0.3, 0.4) is 0 Å². The van der Waals surface area contributed by atoms with Crippen LogP contribution in [0.4, 0.5) is 0 Å². The van der Waals surface area contributed by atoms with Gasteiger partial charge in [0, 0.05) is 13.1 Å². The van der Waals surface area contributed by atoms with Crippen molar-refractivity contribution in [2.75, 3.05) is 13.1 Å². The van der Waals surface area contributed by atoms with Gasteiger partial charge in [-0.25, -0.2) is 0 Å². The number of carbonyl (C=O) groups excluding carboxylic acids is 1. The molecule has 0 aliphatic heterocycles. The molecule has 0 atom stereocenters. The molecular formula is C14H24N2O. The predicted octanol–water partition coefficient (Wildman–Crippen LogP) is 2.96. The molecule has 1 aliphatic rings. The Morgan fingerprint density at radius 1 is 1.35 bits per heavy atom. The summed E-state index contributed by atoms with van der Waals surface area (Å²) in [7, 11) is 0. The van der Waals surface area contributed by atoms with Gasteiger partial charge in [0.25, 0.3) is 0 Å². The van der Waals surface area contributed by atoms with Crippen LogP contribution in [0, 0.1) is 22.7 Å². The Labute approximate surface area is 105 Å². The Morgan fingerprint density at radius 2 is 1.94 bits per heavy atom. The normalized spacial score (nSPS) is 15.4. The number of nitrogens with zero attached hydrogens (tertiary/aromatic N) is 2. The molecule has 0 heterocycles. The van der Waals surface area contributed by atoms with Crippen molar-refractivity contribution in [3.63, 3.8) is 0 Å². The molecule has 1 rings (SSSR count). The summed E-state index contributed by atoms with van der Waals surface area (Å²) in [6.07, 6.45) is 4.68. The maximum atomic E-state index is 12.5. The largest absolute Gasteiger partial charge is 0.341 e. The Morgan fingerprint density at radius 3 is 2.29 bits per heavy atom. The lowest BCUT2D eigenvalue weighted by Gasteiger charge is -2.31. The highest BCUT2D eigenvalue weighted by Crippen LogP contribution is 2.33. The molecule has 0 N–H and O–H groups in total. The first-order valence-electron chi connectivity index (χ1n) is 6.84. The van der Waals surface area contributed by atoms with Crippen molar-refractivity contribution >= 4 is 5.91 Å². The van der Waals surface area contributed by atoms with Crippen LogP contribution in [-0.2, 0) is 4.79 Å². The quantitative estimate of drug-likeness (QED) is 0.682. The molecular weight excluding hydrogens is 212 g/mol. The van der Waals surface area contributed by atoms with E-state index in [2.05, 4.69) is 13.0 Å². The van der Waals surface area contributed by atoms with Crippen LogP contribution in [0.15, 0.2) is 0 Å². The van der Waals surface area contributed by atoms with Gasteiger partial charge in [-0.1, -0.05) is 20.8 Å². The third kappa shape index (κ3) is 3.21. The lowest BCUT2D eigenvalue weighted by atomic mass is 9.82. The summed E-state index contributed by atoms with van der Waals surface area (Å²) in [6, 6.07) is 2.26. The monoisotopic (exact) mass is 236 g/mol. The van der Waals surface area contributed by atoms with E-state index in [4.69, 9.17) is 0 Å². The van der Waals surface area contributed by atoms with Gasteiger partial charge in [-0.3, -0.25) is 4.79 Å². The second kappa shape index (κ2) is 6.05. The molecule has 0 aromatic heterocycles. The van der Waals surface area contributed by atoms with E-state index in [1.54, 1.807) is 0 Å². The first kappa shape index (κ1) is 14.0. The average Bonchev–Trinajstić information content (AvgIpc) is 3.15. The zero-order valence-corrected chi connectivity index (χ0v) is 11.3. The van der Waals surface area contributed by atoms with Gasteiger partial charge in [0.1, 0.15) is 5.41 Å². The average molecular weight is 236 g/mol. The van der Waals surface area contributed by atoms with Gasteiger partial charge in [-0.05, 0) is 38.0 Å². The van der Waals surface area contributed by atoms with Crippen LogP contribution in [0.5, 0.6) is 0 Å². The van der Waals surface area contributed by atoms with Crippen molar-refractivity contribution in [3.05, 3.63) is 0 Å². The van der Waals surface area contributed by atoms with Crippen molar-refractivity contribution in [2.45, 2.75) is 52.9 Å². The maximum absolute atomic E-state index is 12.5. The van der Waals surface area contributed by atoms with E-state index in [1.165, 1.54) is 12.8 Å². The minimum Gasteiger partial charge on any atom is -0.341 e. The first-order valence-corrected chi connectivity index (χ1v) is 6.84. The molecule has 1 saturated carbocycles. The number of carbonyl (C=O) groups is 1. The van der Waals surface area contributed by atoms with Crippen LogP contribution in [0.1, 0.15) is 52.9 Å². The summed E-state index contributed by atoms with van der Waals surface area (Å²) in [5, 5.41) is 9.32. The minimum atomic E-state index is -0.788. The van der Waals surface area contributed by atoms with Gasteiger partial charge in [0.2, 0.25) is 5.91 Å². The van der Waals surface area contributed by atoms with E-state index < -0.39 is 5.41 Å². The third-order valence-corrected chi connectivity index (χ3v) is 3.79. The summed E-state index contributed by atoms with van der Waals surface area (Å²) in [4.78, 5) is 14.4. The first-order chi connectivity index (χ1) is 8.13. The molecule has 1 fully saturated rings. The summed E-state index contributed by atoms with van der Waals surface area (Å²) in [5.41, 5.74) is -0.788. The predicted molar refractivity (Wildman–Crippen MR) is 68.2 cm³/mol. The number of hydrogen-bond acceptors (Lipinski definition) is 2. The molecule has 3 nitrogen and oxygen atoms in total. The Bertz CT molecular complexity index is 298. The van der Waals surface area contributed by atoms with E-state index in [0.29, 0.717) is 18.8 Å². The Kier molecular flexibility index (Phi) is 4.99. The molecule has 0 aromatic rings. The summed E-state index contributed by atoms with van der Waals surface area (Å²) >= 11 is 0. The van der Waals surface area contributed by atoms with Gasteiger partial charge in [0.05, 0.1) is 6.07 Å². The van der Waals surface area contributed by atoms with Crippen LogP contribution in [0.25, 0.3) is 0 Å². The van der Waals surface area contributed by atoms with Crippen molar-refractivity contribution in [3.8, 4) is 6.07 Å². The second-order valence-electron chi connectivity index (χ2n) is 5.10. The summed E-state index contributed by atoms with van der Waals surface area (Å²) in [5.74, 6) is 0.745. The third-order valence-electron chi connectivity index (χ3n) is 3.79. The molecule has 0 aromatic carbocycles. The molecule has 0 saturated heterocycles.